The van der Waals surface area contributed by atoms with Crippen LogP contribution in [0, 0.1) is 5.92 Å². The van der Waals surface area contributed by atoms with Gasteiger partial charge in [0.25, 0.3) is 0 Å². The number of hydrogen-bond donors (Lipinski definition) is 3. The standard InChI is InChI=1S/C23H22N6OS/c24-17-5-1-2-6-18(17)27-22(30)15-8-10-16(11-9-15)26-23-28-19(14-31-23)20-13-25-21-7-3-4-12-29(20)21/h2-4,6-8,10-15H,1,5,9,24H2,(H,26,28)(H,27,30). The molecule has 3 aromatic rings. The molecule has 5 rings (SSSR count). The molecule has 0 saturated heterocycles. The Kier molecular flexibility index (Phi) is 5.13. The van der Waals surface area contributed by atoms with E-state index in [1.165, 1.54) is 11.3 Å². The molecule has 3 heterocycles. The number of nitrogens with one attached hydrogen (secondary N) is 2. The zero-order chi connectivity index (χ0) is 21.2. The number of nitrogens with two attached hydrogens (primary N) is 1. The second kappa shape index (κ2) is 8.23. The van der Waals surface area contributed by atoms with E-state index in [2.05, 4.69) is 15.6 Å². The lowest BCUT2D eigenvalue weighted by molar-refractivity contribution is -0.122. The predicted octanol–water partition coefficient (Wildman–Crippen LogP) is 3.97. The van der Waals surface area contributed by atoms with Crippen molar-refractivity contribution in [2.75, 3.05) is 5.32 Å². The maximum Gasteiger partial charge on any atom is 0.231 e. The van der Waals surface area contributed by atoms with Crippen molar-refractivity contribution in [1.29, 1.82) is 0 Å². The first-order valence-corrected chi connectivity index (χ1v) is 11.0. The minimum absolute atomic E-state index is 0.0415. The van der Waals surface area contributed by atoms with Crippen molar-refractivity contribution in [2.45, 2.75) is 19.3 Å². The number of carbonyl (C=O) groups is 1. The average molecular weight is 431 g/mol. The lowest BCUT2D eigenvalue weighted by atomic mass is 9.98. The van der Waals surface area contributed by atoms with Gasteiger partial charge in [0.05, 0.1) is 23.5 Å². The van der Waals surface area contributed by atoms with Crippen molar-refractivity contribution in [3.8, 4) is 11.4 Å². The van der Waals surface area contributed by atoms with Crippen LogP contribution in [0.1, 0.15) is 19.3 Å². The van der Waals surface area contributed by atoms with E-state index >= 15 is 0 Å². The van der Waals surface area contributed by atoms with E-state index in [1.807, 2.05) is 70.8 Å². The maximum absolute atomic E-state index is 12.6. The number of thiazole rings is 1. The highest BCUT2D eigenvalue weighted by Gasteiger charge is 2.19. The molecule has 2 aliphatic carbocycles. The Labute approximate surface area is 183 Å². The molecule has 8 heteroatoms. The summed E-state index contributed by atoms with van der Waals surface area (Å²) in [4.78, 5) is 21.7. The van der Waals surface area contributed by atoms with Crippen molar-refractivity contribution in [1.82, 2.24) is 19.7 Å². The first kappa shape index (κ1) is 19.3. The second-order valence-corrected chi connectivity index (χ2v) is 8.32. The Bertz CT molecular complexity index is 1260. The van der Waals surface area contributed by atoms with Gasteiger partial charge in [0.2, 0.25) is 5.91 Å². The van der Waals surface area contributed by atoms with Gasteiger partial charge < -0.3 is 16.4 Å². The fraction of sp³-hybridized carbons (Fsp3) is 0.174. The van der Waals surface area contributed by atoms with Crippen LogP contribution in [0.3, 0.4) is 0 Å². The molecule has 156 valence electrons. The van der Waals surface area contributed by atoms with Crippen LogP contribution in [0.2, 0.25) is 0 Å². The van der Waals surface area contributed by atoms with Gasteiger partial charge >= 0.3 is 0 Å². The summed E-state index contributed by atoms with van der Waals surface area (Å²) < 4.78 is 2.02. The third kappa shape index (κ3) is 4.02. The molecule has 1 amide bonds. The van der Waals surface area contributed by atoms with E-state index in [9.17, 15) is 4.79 Å². The molecule has 0 fully saturated rings. The number of pyridine rings is 1. The molecule has 2 aliphatic rings. The number of hydrogen-bond acceptors (Lipinski definition) is 6. The zero-order valence-corrected chi connectivity index (χ0v) is 17.6. The number of nitrogens with zero attached hydrogens (tertiary/aromatic N) is 3. The minimum atomic E-state index is -0.216. The first-order chi connectivity index (χ1) is 15.2. The molecule has 1 atom stereocenters. The average Bonchev–Trinajstić information content (AvgIpc) is 3.42. The monoisotopic (exact) mass is 430 g/mol. The first-order valence-electron chi connectivity index (χ1n) is 10.2. The number of allylic oxidation sites excluding steroid dienone is 5. The van der Waals surface area contributed by atoms with E-state index < -0.39 is 0 Å². The quantitative estimate of drug-likeness (QED) is 0.569. The maximum atomic E-state index is 12.6. The minimum Gasteiger partial charge on any atom is -0.400 e. The van der Waals surface area contributed by atoms with Crippen LogP contribution in [0.4, 0.5) is 5.13 Å². The number of rotatable bonds is 5. The van der Waals surface area contributed by atoms with Crippen molar-refractivity contribution >= 4 is 28.0 Å². The molecule has 0 saturated carbocycles. The van der Waals surface area contributed by atoms with Crippen LogP contribution in [-0.2, 0) is 4.79 Å². The molecule has 0 aliphatic heterocycles. The van der Waals surface area contributed by atoms with Crippen LogP contribution in [-0.4, -0.2) is 20.3 Å². The van der Waals surface area contributed by atoms with Crippen LogP contribution < -0.4 is 16.4 Å². The Morgan fingerprint density at radius 3 is 3.06 bits per heavy atom. The topological polar surface area (TPSA) is 97.3 Å². The SMILES string of the molecule is NC1=C(NC(=O)C2C=CC(Nc3nc(-c4cnc5ccccn45)cs3)=CC2)C=CCC1. The van der Waals surface area contributed by atoms with E-state index in [-0.39, 0.29) is 11.8 Å². The molecule has 0 aromatic carbocycles. The fourth-order valence-electron chi connectivity index (χ4n) is 3.63. The summed E-state index contributed by atoms with van der Waals surface area (Å²) in [7, 11) is 0. The van der Waals surface area contributed by atoms with Crippen molar-refractivity contribution in [3.05, 3.63) is 83.4 Å². The molecule has 7 nitrogen and oxygen atoms in total. The molecule has 31 heavy (non-hydrogen) atoms. The lowest BCUT2D eigenvalue weighted by Crippen LogP contribution is -2.31. The number of aromatic nitrogens is 3. The van der Waals surface area contributed by atoms with E-state index in [0.29, 0.717) is 6.42 Å². The second-order valence-electron chi connectivity index (χ2n) is 7.47. The number of amides is 1. The van der Waals surface area contributed by atoms with Crippen molar-refractivity contribution in [2.24, 2.45) is 11.7 Å². The Morgan fingerprint density at radius 2 is 2.23 bits per heavy atom. The van der Waals surface area contributed by atoms with E-state index in [4.69, 9.17) is 10.7 Å². The molecule has 1 unspecified atom stereocenters. The smallest absolute Gasteiger partial charge is 0.231 e. The Balaban J connectivity index is 1.23. The molecule has 0 spiro atoms. The summed E-state index contributed by atoms with van der Waals surface area (Å²) in [5.74, 6) is -0.258. The van der Waals surface area contributed by atoms with E-state index in [1.54, 1.807) is 0 Å². The van der Waals surface area contributed by atoms with E-state index in [0.717, 1.165) is 52.1 Å². The highest BCUT2D eigenvalue weighted by atomic mass is 32.1. The molecular formula is C23H22N6OS. The molecule has 4 N–H and O–H groups in total. The Morgan fingerprint density at radius 1 is 1.29 bits per heavy atom. The highest BCUT2D eigenvalue weighted by molar-refractivity contribution is 7.14. The largest absolute Gasteiger partial charge is 0.400 e. The number of imidazole rings is 1. The molecule has 3 aromatic heterocycles. The van der Waals surface area contributed by atoms with Gasteiger partial charge in [-0.1, -0.05) is 24.3 Å². The van der Waals surface area contributed by atoms with Crippen LogP contribution in [0.15, 0.2) is 83.4 Å². The van der Waals surface area contributed by atoms with Gasteiger partial charge in [-0.25, -0.2) is 9.97 Å². The Hall–Kier alpha value is -3.65. The van der Waals surface area contributed by atoms with Crippen LogP contribution >= 0.6 is 11.3 Å². The summed E-state index contributed by atoms with van der Waals surface area (Å²) in [5, 5.41) is 9.09. The highest BCUT2D eigenvalue weighted by Crippen LogP contribution is 2.27. The number of carbonyl (C=O) groups excluding carboxylic acids is 1. The number of anilines is 1. The summed E-state index contributed by atoms with van der Waals surface area (Å²) in [6, 6.07) is 5.91. The summed E-state index contributed by atoms with van der Waals surface area (Å²) in [5.41, 5.74) is 11.1. The van der Waals surface area contributed by atoms with Crippen molar-refractivity contribution < 1.29 is 4.79 Å². The number of fused-ring (bicyclic) bond motifs is 1. The summed E-state index contributed by atoms with van der Waals surface area (Å²) in [6.07, 6.45) is 15.9. The normalized spacial score (nSPS) is 18.3. The zero-order valence-electron chi connectivity index (χ0n) is 16.8. The predicted molar refractivity (Wildman–Crippen MR) is 123 cm³/mol. The van der Waals surface area contributed by atoms with Crippen LogP contribution in [0.5, 0.6) is 0 Å². The third-order valence-electron chi connectivity index (χ3n) is 5.34. The lowest BCUT2D eigenvalue weighted by Gasteiger charge is -2.19. The van der Waals surface area contributed by atoms with Gasteiger partial charge in [-0.2, -0.15) is 0 Å². The van der Waals surface area contributed by atoms with Crippen molar-refractivity contribution in [3.63, 3.8) is 0 Å². The van der Waals surface area contributed by atoms with Crippen LogP contribution in [0.25, 0.3) is 17.0 Å². The van der Waals surface area contributed by atoms with Gasteiger partial charge in [-0.3, -0.25) is 9.20 Å². The summed E-state index contributed by atoms with van der Waals surface area (Å²) >= 11 is 1.54. The van der Waals surface area contributed by atoms with Gasteiger partial charge in [0.1, 0.15) is 11.3 Å². The van der Waals surface area contributed by atoms with Gasteiger partial charge in [-0.15, -0.1) is 11.3 Å². The molecular weight excluding hydrogens is 408 g/mol. The van der Waals surface area contributed by atoms with Gasteiger partial charge in [-0.05, 0) is 43.5 Å². The third-order valence-corrected chi connectivity index (χ3v) is 6.10. The van der Waals surface area contributed by atoms with Gasteiger partial charge in [0.15, 0.2) is 5.13 Å². The molecule has 0 radical (unpaired) electrons. The molecule has 0 bridgehead atoms. The summed E-state index contributed by atoms with van der Waals surface area (Å²) in [6.45, 7) is 0. The van der Waals surface area contributed by atoms with Gasteiger partial charge in [0, 0.05) is 23.0 Å². The fourth-order valence-corrected chi connectivity index (χ4v) is 4.36.